The van der Waals surface area contributed by atoms with E-state index >= 15 is 0 Å². The first-order valence-corrected chi connectivity index (χ1v) is 13.7. The SMILES string of the molecule is COc1cc(C(=O)N2[C@@H](c3nccs3)C3C(=O)C(C)(C)CC3[C@@]2(CC(C)C)C(=O)O)ccc1C(C)(C)C. The number of likely N-dealkylation sites (tertiary alicyclic amines) is 1. The second kappa shape index (κ2) is 9.22. The van der Waals surface area contributed by atoms with Crippen LogP contribution >= 0.6 is 11.3 Å². The molecule has 1 saturated carbocycles. The molecule has 200 valence electrons. The number of hydrogen-bond acceptors (Lipinski definition) is 6. The third-order valence-corrected chi connectivity index (χ3v) is 8.91. The van der Waals surface area contributed by atoms with Gasteiger partial charge in [-0.15, -0.1) is 11.3 Å². The Labute approximate surface area is 223 Å². The maximum atomic E-state index is 14.5. The molecule has 7 nitrogen and oxygen atoms in total. The van der Waals surface area contributed by atoms with Crippen molar-refractivity contribution in [3.8, 4) is 5.75 Å². The van der Waals surface area contributed by atoms with Crippen LogP contribution in [0.1, 0.15) is 88.3 Å². The lowest BCUT2D eigenvalue weighted by atomic mass is 9.74. The highest BCUT2D eigenvalue weighted by Gasteiger charge is 2.71. The van der Waals surface area contributed by atoms with E-state index in [9.17, 15) is 19.5 Å². The van der Waals surface area contributed by atoms with Gasteiger partial charge in [0.15, 0.2) is 0 Å². The Hall–Kier alpha value is -2.74. The number of fused-ring (bicyclic) bond motifs is 1. The lowest BCUT2D eigenvalue weighted by Gasteiger charge is -2.42. The molecule has 1 aliphatic carbocycles. The number of Topliss-reactive ketones (excluding diaryl/α,β-unsaturated/α-hetero) is 1. The van der Waals surface area contributed by atoms with E-state index < -0.39 is 40.7 Å². The van der Waals surface area contributed by atoms with Gasteiger partial charge in [0.25, 0.3) is 5.91 Å². The summed E-state index contributed by atoms with van der Waals surface area (Å²) in [6, 6.07) is 4.58. The molecule has 2 heterocycles. The van der Waals surface area contributed by atoms with Crippen LogP contribution in [0, 0.1) is 23.2 Å². The fourth-order valence-corrected chi connectivity index (χ4v) is 7.36. The summed E-state index contributed by atoms with van der Waals surface area (Å²) in [5, 5.41) is 13.3. The van der Waals surface area contributed by atoms with Crippen LogP contribution in [0.3, 0.4) is 0 Å². The number of carbonyl (C=O) groups excluding carboxylic acids is 2. The van der Waals surface area contributed by atoms with Crippen molar-refractivity contribution in [3.05, 3.63) is 45.9 Å². The number of carboxylic acids is 1. The van der Waals surface area contributed by atoms with Gasteiger partial charge in [0.1, 0.15) is 22.1 Å². The van der Waals surface area contributed by atoms with Gasteiger partial charge >= 0.3 is 5.97 Å². The van der Waals surface area contributed by atoms with Crippen LogP contribution in [-0.4, -0.2) is 45.3 Å². The highest BCUT2D eigenvalue weighted by molar-refractivity contribution is 7.09. The summed E-state index contributed by atoms with van der Waals surface area (Å²) in [5.41, 5.74) is -1.13. The number of ether oxygens (including phenoxy) is 1. The molecule has 8 heteroatoms. The number of carbonyl (C=O) groups is 3. The maximum absolute atomic E-state index is 14.5. The van der Waals surface area contributed by atoms with Crippen LogP contribution in [-0.2, 0) is 15.0 Å². The van der Waals surface area contributed by atoms with Gasteiger partial charge in [0, 0.05) is 28.5 Å². The summed E-state index contributed by atoms with van der Waals surface area (Å²) in [6.45, 7) is 13.9. The van der Waals surface area contributed by atoms with Gasteiger partial charge in [-0.3, -0.25) is 9.59 Å². The van der Waals surface area contributed by atoms with Crippen molar-refractivity contribution in [2.75, 3.05) is 7.11 Å². The molecular weight excluding hydrogens is 488 g/mol. The third-order valence-electron chi connectivity index (χ3n) is 8.06. The van der Waals surface area contributed by atoms with Crippen molar-refractivity contribution in [2.45, 2.75) is 78.3 Å². The zero-order chi connectivity index (χ0) is 27.5. The number of ketones is 1. The van der Waals surface area contributed by atoms with Gasteiger partial charge in [-0.1, -0.05) is 54.5 Å². The van der Waals surface area contributed by atoms with E-state index in [1.165, 1.54) is 16.2 Å². The van der Waals surface area contributed by atoms with Crippen molar-refractivity contribution in [1.29, 1.82) is 0 Å². The molecule has 0 radical (unpaired) electrons. The van der Waals surface area contributed by atoms with E-state index in [0.717, 1.165) is 5.56 Å². The average Bonchev–Trinajstić information content (AvgIpc) is 3.47. The summed E-state index contributed by atoms with van der Waals surface area (Å²) in [5.74, 6) is -2.05. The number of rotatable bonds is 6. The fourth-order valence-electron chi connectivity index (χ4n) is 6.58. The van der Waals surface area contributed by atoms with Gasteiger partial charge < -0.3 is 14.7 Å². The number of amides is 1. The predicted molar refractivity (Wildman–Crippen MR) is 143 cm³/mol. The van der Waals surface area contributed by atoms with E-state index in [-0.39, 0.29) is 23.5 Å². The maximum Gasteiger partial charge on any atom is 0.329 e. The Bertz CT molecular complexity index is 1210. The Morgan fingerprint density at radius 2 is 1.95 bits per heavy atom. The molecule has 2 aliphatic rings. The molecule has 1 aromatic carbocycles. The number of nitrogens with zero attached hydrogens (tertiary/aromatic N) is 2. The highest BCUT2D eigenvalue weighted by Crippen LogP contribution is 2.62. The predicted octanol–water partition coefficient (Wildman–Crippen LogP) is 5.75. The molecule has 1 amide bonds. The van der Waals surface area contributed by atoms with Gasteiger partial charge in [0.05, 0.1) is 19.1 Å². The Kier molecular flexibility index (Phi) is 6.81. The molecule has 1 N–H and O–H groups in total. The molecule has 1 aromatic heterocycles. The lowest BCUT2D eigenvalue weighted by molar-refractivity contribution is -0.153. The first-order valence-electron chi connectivity index (χ1n) is 12.9. The number of carboxylic acid groups (broad SMARTS) is 1. The number of hydrogen-bond donors (Lipinski definition) is 1. The zero-order valence-corrected chi connectivity index (χ0v) is 23.8. The third kappa shape index (κ3) is 4.27. The van der Waals surface area contributed by atoms with Crippen molar-refractivity contribution in [3.63, 3.8) is 0 Å². The van der Waals surface area contributed by atoms with Crippen LogP contribution < -0.4 is 4.74 Å². The number of aliphatic carboxylic acids is 1. The minimum absolute atomic E-state index is 0.00282. The average molecular weight is 527 g/mol. The second-order valence-electron chi connectivity index (χ2n) is 12.6. The minimum atomic E-state index is -1.54. The van der Waals surface area contributed by atoms with Crippen LogP contribution in [0.2, 0.25) is 0 Å². The number of methoxy groups -OCH3 is 1. The first kappa shape index (κ1) is 27.3. The molecule has 0 bridgehead atoms. The minimum Gasteiger partial charge on any atom is -0.496 e. The molecule has 1 aliphatic heterocycles. The van der Waals surface area contributed by atoms with E-state index in [1.807, 2.05) is 39.1 Å². The van der Waals surface area contributed by atoms with E-state index in [2.05, 4.69) is 25.8 Å². The molecule has 2 aromatic rings. The molecule has 4 rings (SSSR count). The van der Waals surface area contributed by atoms with Crippen LogP contribution in [0.5, 0.6) is 5.75 Å². The van der Waals surface area contributed by atoms with Gasteiger partial charge in [-0.05, 0) is 41.9 Å². The van der Waals surface area contributed by atoms with Crippen molar-refractivity contribution in [1.82, 2.24) is 9.88 Å². The highest BCUT2D eigenvalue weighted by atomic mass is 32.1. The summed E-state index contributed by atoms with van der Waals surface area (Å²) in [6.07, 6.45) is 2.30. The fraction of sp³-hybridized carbons (Fsp3) is 0.586. The number of benzene rings is 1. The smallest absolute Gasteiger partial charge is 0.329 e. The van der Waals surface area contributed by atoms with Crippen LogP contribution in [0.15, 0.2) is 29.8 Å². The first-order chi connectivity index (χ1) is 17.2. The van der Waals surface area contributed by atoms with E-state index in [0.29, 0.717) is 22.7 Å². The van der Waals surface area contributed by atoms with Crippen molar-refractivity contribution < 1.29 is 24.2 Å². The summed E-state index contributed by atoms with van der Waals surface area (Å²) < 4.78 is 5.66. The normalized spacial score (nSPS) is 27.0. The molecule has 4 atom stereocenters. The van der Waals surface area contributed by atoms with Crippen LogP contribution in [0.25, 0.3) is 0 Å². The van der Waals surface area contributed by atoms with Gasteiger partial charge in [0.2, 0.25) is 0 Å². The lowest BCUT2D eigenvalue weighted by Crippen LogP contribution is -2.58. The standard InChI is InChI=1S/C29H38N2O5S/c1-16(2)14-29(26(34)35)19-15-28(6,7)23(32)21(19)22(24-30-11-12-37-24)31(29)25(33)17-9-10-18(27(3,4)5)20(13-17)36-8/h9-13,16,19,21-22H,14-15H2,1-8H3,(H,34,35)/t19?,21?,22-,29+/m1/s1. The van der Waals surface area contributed by atoms with Gasteiger partial charge in [-0.2, -0.15) is 0 Å². The topological polar surface area (TPSA) is 96.8 Å². The Balaban J connectivity index is 1.96. The summed E-state index contributed by atoms with van der Waals surface area (Å²) >= 11 is 1.36. The molecule has 2 fully saturated rings. The zero-order valence-electron chi connectivity index (χ0n) is 23.0. The largest absolute Gasteiger partial charge is 0.496 e. The number of aromatic nitrogens is 1. The Morgan fingerprint density at radius 1 is 1.27 bits per heavy atom. The molecule has 1 saturated heterocycles. The quantitative estimate of drug-likeness (QED) is 0.515. The summed E-state index contributed by atoms with van der Waals surface area (Å²) in [7, 11) is 1.57. The Morgan fingerprint density at radius 3 is 2.46 bits per heavy atom. The van der Waals surface area contributed by atoms with Gasteiger partial charge in [-0.25, -0.2) is 9.78 Å². The van der Waals surface area contributed by atoms with Crippen molar-refractivity contribution in [2.24, 2.45) is 23.2 Å². The monoisotopic (exact) mass is 526 g/mol. The van der Waals surface area contributed by atoms with E-state index in [4.69, 9.17) is 4.74 Å². The summed E-state index contributed by atoms with van der Waals surface area (Å²) in [4.78, 5) is 47.6. The molecule has 0 spiro atoms. The van der Waals surface area contributed by atoms with E-state index in [1.54, 1.807) is 25.4 Å². The molecule has 2 unspecified atom stereocenters. The molecular formula is C29H38N2O5S. The van der Waals surface area contributed by atoms with Crippen LogP contribution in [0.4, 0.5) is 0 Å². The number of thiazole rings is 1. The van der Waals surface area contributed by atoms with Crippen molar-refractivity contribution >= 4 is 29.0 Å². The second-order valence-corrected chi connectivity index (χ2v) is 13.5. The molecule has 37 heavy (non-hydrogen) atoms.